The molecule has 0 radical (unpaired) electrons. The number of ether oxygens (including phenoxy) is 1. The van der Waals surface area contributed by atoms with Gasteiger partial charge in [0, 0.05) is 27.5 Å². The first-order valence-electron chi connectivity index (χ1n) is 11.4. The van der Waals surface area contributed by atoms with Crippen molar-refractivity contribution in [1.82, 2.24) is 14.8 Å². The molecule has 0 atom stereocenters. The van der Waals surface area contributed by atoms with E-state index in [9.17, 15) is 4.79 Å². The van der Waals surface area contributed by atoms with E-state index >= 15 is 0 Å². The quantitative estimate of drug-likeness (QED) is 0.219. The highest BCUT2D eigenvalue weighted by molar-refractivity contribution is 9.10. The van der Waals surface area contributed by atoms with Crippen LogP contribution < -0.4 is 9.64 Å². The number of halogens is 1. The standard InChI is InChI=1S/C27H27BrN4O2S/c1-4-34-24-16-14-23(15-17-24)32-26(20-10-12-21(28)13-11-20)29-30-27(32)35-18-25(33)31(19(2)3)22-8-6-5-7-9-22/h5-17,19H,4,18H2,1-3H3. The van der Waals surface area contributed by atoms with Crippen molar-refractivity contribution in [3.63, 3.8) is 0 Å². The molecule has 1 heterocycles. The maximum atomic E-state index is 13.3. The number of rotatable bonds is 9. The molecular weight excluding hydrogens is 524 g/mol. The van der Waals surface area contributed by atoms with Gasteiger partial charge in [0.15, 0.2) is 11.0 Å². The molecule has 0 bridgehead atoms. The van der Waals surface area contributed by atoms with Crippen molar-refractivity contribution in [2.45, 2.75) is 32.0 Å². The Kier molecular flexibility index (Phi) is 8.25. The van der Waals surface area contributed by atoms with Gasteiger partial charge in [0.1, 0.15) is 5.75 Å². The summed E-state index contributed by atoms with van der Waals surface area (Å²) in [5, 5.41) is 9.60. The monoisotopic (exact) mass is 550 g/mol. The summed E-state index contributed by atoms with van der Waals surface area (Å²) in [6.45, 7) is 6.60. The molecule has 0 saturated carbocycles. The Hall–Kier alpha value is -3.10. The van der Waals surface area contributed by atoms with Gasteiger partial charge in [0.25, 0.3) is 0 Å². The van der Waals surface area contributed by atoms with E-state index in [2.05, 4.69) is 26.1 Å². The van der Waals surface area contributed by atoms with Crippen molar-refractivity contribution in [3.8, 4) is 22.8 Å². The Morgan fingerprint density at radius 1 is 1.00 bits per heavy atom. The highest BCUT2D eigenvalue weighted by Gasteiger charge is 2.22. The smallest absolute Gasteiger partial charge is 0.237 e. The van der Waals surface area contributed by atoms with Crippen molar-refractivity contribution in [2.75, 3.05) is 17.3 Å². The van der Waals surface area contributed by atoms with Gasteiger partial charge >= 0.3 is 0 Å². The summed E-state index contributed by atoms with van der Waals surface area (Å²) >= 11 is 4.87. The lowest BCUT2D eigenvalue weighted by Crippen LogP contribution is -2.38. The second kappa shape index (κ2) is 11.6. The van der Waals surface area contributed by atoms with E-state index in [1.54, 1.807) is 0 Å². The predicted molar refractivity (Wildman–Crippen MR) is 145 cm³/mol. The summed E-state index contributed by atoms with van der Waals surface area (Å²) in [6, 6.07) is 25.5. The van der Waals surface area contributed by atoms with Crippen molar-refractivity contribution in [3.05, 3.63) is 83.3 Å². The number of aromatic nitrogens is 3. The number of carbonyl (C=O) groups excluding carboxylic acids is 1. The van der Waals surface area contributed by atoms with E-state index in [-0.39, 0.29) is 17.7 Å². The number of para-hydroxylation sites is 1. The largest absolute Gasteiger partial charge is 0.494 e. The molecule has 0 aliphatic rings. The molecule has 1 amide bonds. The Balaban J connectivity index is 1.65. The maximum Gasteiger partial charge on any atom is 0.237 e. The highest BCUT2D eigenvalue weighted by Crippen LogP contribution is 2.30. The van der Waals surface area contributed by atoms with Crippen LogP contribution in [0.4, 0.5) is 5.69 Å². The fraction of sp³-hybridized carbons (Fsp3) is 0.222. The summed E-state index contributed by atoms with van der Waals surface area (Å²) in [7, 11) is 0. The summed E-state index contributed by atoms with van der Waals surface area (Å²) < 4.78 is 8.58. The van der Waals surface area contributed by atoms with Crippen LogP contribution in [0.25, 0.3) is 17.1 Å². The number of hydrogen-bond acceptors (Lipinski definition) is 5. The number of thioether (sulfide) groups is 1. The van der Waals surface area contributed by atoms with Gasteiger partial charge in [-0.15, -0.1) is 10.2 Å². The molecule has 0 unspecified atom stereocenters. The average molecular weight is 552 g/mol. The highest BCUT2D eigenvalue weighted by atomic mass is 79.9. The lowest BCUT2D eigenvalue weighted by Gasteiger charge is -2.26. The maximum absolute atomic E-state index is 13.3. The lowest BCUT2D eigenvalue weighted by atomic mass is 10.2. The van der Waals surface area contributed by atoms with Crippen molar-refractivity contribution in [1.29, 1.82) is 0 Å². The first-order chi connectivity index (χ1) is 17.0. The molecule has 35 heavy (non-hydrogen) atoms. The predicted octanol–water partition coefficient (Wildman–Crippen LogP) is 6.63. The first-order valence-corrected chi connectivity index (χ1v) is 13.2. The number of benzene rings is 3. The van der Waals surface area contributed by atoms with Crippen molar-refractivity contribution < 1.29 is 9.53 Å². The molecule has 0 spiro atoms. The molecule has 4 rings (SSSR count). The van der Waals surface area contributed by atoms with Crippen LogP contribution >= 0.6 is 27.7 Å². The van der Waals surface area contributed by atoms with Crippen molar-refractivity contribution >= 4 is 39.3 Å². The summed E-state index contributed by atoms with van der Waals surface area (Å²) in [5.41, 5.74) is 2.72. The van der Waals surface area contributed by atoms with Gasteiger partial charge in [-0.2, -0.15) is 0 Å². The van der Waals surface area contributed by atoms with Crippen molar-refractivity contribution in [2.24, 2.45) is 0 Å². The van der Waals surface area contributed by atoms with Gasteiger partial charge in [0.05, 0.1) is 12.4 Å². The molecule has 0 saturated heterocycles. The fourth-order valence-corrected chi connectivity index (χ4v) is 4.83. The zero-order chi connectivity index (χ0) is 24.8. The van der Waals surface area contributed by atoms with E-state index < -0.39 is 0 Å². The number of amides is 1. The zero-order valence-corrected chi connectivity index (χ0v) is 22.3. The van der Waals surface area contributed by atoms with Crippen LogP contribution in [0.3, 0.4) is 0 Å². The molecule has 180 valence electrons. The summed E-state index contributed by atoms with van der Waals surface area (Å²) in [5.74, 6) is 1.76. The Morgan fingerprint density at radius 2 is 1.69 bits per heavy atom. The van der Waals surface area contributed by atoms with Gasteiger partial charge in [-0.3, -0.25) is 9.36 Å². The van der Waals surface area contributed by atoms with Crippen LogP contribution in [-0.2, 0) is 4.79 Å². The SMILES string of the molecule is CCOc1ccc(-n2c(SCC(=O)N(c3ccccc3)C(C)C)nnc2-c2ccc(Br)cc2)cc1. The van der Waals surface area contributed by atoms with E-state index in [4.69, 9.17) is 4.74 Å². The topological polar surface area (TPSA) is 60.2 Å². The molecule has 0 aliphatic heterocycles. The molecule has 4 aromatic rings. The third-order valence-corrected chi connectivity index (χ3v) is 6.73. The molecular formula is C27H27BrN4O2S. The minimum absolute atomic E-state index is 0.0163. The molecule has 0 fully saturated rings. The van der Waals surface area contributed by atoms with Crippen LogP contribution in [-0.4, -0.2) is 39.1 Å². The second-order valence-corrected chi connectivity index (χ2v) is 9.92. The van der Waals surface area contributed by atoms with Crippen LogP contribution in [0.2, 0.25) is 0 Å². The fourth-order valence-electron chi connectivity index (χ4n) is 3.75. The molecule has 8 heteroatoms. The van der Waals surface area contributed by atoms with E-state index in [1.165, 1.54) is 11.8 Å². The van der Waals surface area contributed by atoms with Gasteiger partial charge in [-0.1, -0.05) is 58.0 Å². The molecule has 6 nitrogen and oxygen atoms in total. The van der Waals surface area contributed by atoms with E-state index in [1.807, 2.05) is 109 Å². The summed E-state index contributed by atoms with van der Waals surface area (Å²) in [4.78, 5) is 15.1. The number of nitrogens with zero attached hydrogens (tertiary/aromatic N) is 4. The Bertz CT molecular complexity index is 1260. The number of anilines is 1. The normalized spacial score (nSPS) is 11.0. The van der Waals surface area contributed by atoms with Crippen LogP contribution in [0, 0.1) is 0 Å². The summed E-state index contributed by atoms with van der Waals surface area (Å²) in [6.07, 6.45) is 0. The molecule has 0 N–H and O–H groups in total. The second-order valence-electron chi connectivity index (χ2n) is 8.06. The van der Waals surface area contributed by atoms with Crippen LogP contribution in [0.1, 0.15) is 20.8 Å². The van der Waals surface area contributed by atoms with Gasteiger partial charge in [-0.05, 0) is 69.3 Å². The first kappa shape index (κ1) is 25.0. The van der Waals surface area contributed by atoms with Gasteiger partial charge in [-0.25, -0.2) is 0 Å². The van der Waals surface area contributed by atoms with Crippen LogP contribution in [0.15, 0.2) is 88.5 Å². The van der Waals surface area contributed by atoms with E-state index in [0.717, 1.165) is 27.2 Å². The van der Waals surface area contributed by atoms with Gasteiger partial charge < -0.3 is 9.64 Å². The number of carbonyl (C=O) groups is 1. The Labute approximate surface area is 218 Å². The average Bonchev–Trinajstić information content (AvgIpc) is 3.28. The number of hydrogen-bond donors (Lipinski definition) is 0. The Morgan fingerprint density at radius 3 is 2.31 bits per heavy atom. The minimum Gasteiger partial charge on any atom is -0.494 e. The van der Waals surface area contributed by atoms with Gasteiger partial charge in [0.2, 0.25) is 5.91 Å². The van der Waals surface area contributed by atoms with E-state index in [0.29, 0.717) is 17.6 Å². The third kappa shape index (κ3) is 5.94. The lowest BCUT2D eigenvalue weighted by molar-refractivity contribution is -0.116. The molecule has 0 aliphatic carbocycles. The molecule has 1 aromatic heterocycles. The van der Waals surface area contributed by atoms with Crippen LogP contribution in [0.5, 0.6) is 5.75 Å². The molecule has 3 aromatic carbocycles. The minimum atomic E-state index is 0.0163. The zero-order valence-electron chi connectivity index (χ0n) is 19.9. The third-order valence-electron chi connectivity index (χ3n) is 5.29.